The van der Waals surface area contributed by atoms with Crippen LogP contribution in [0.1, 0.15) is 23.6 Å². The second-order valence-corrected chi connectivity index (χ2v) is 11.3. The predicted molar refractivity (Wildman–Crippen MR) is 146 cm³/mol. The number of thioether (sulfide) groups is 1. The molecule has 0 aliphatic carbocycles. The minimum Gasteiger partial charge on any atom is -0.348 e. The van der Waals surface area contributed by atoms with Crippen molar-refractivity contribution < 1.29 is 37.0 Å². The molecule has 1 aromatic heterocycles. The van der Waals surface area contributed by atoms with Crippen molar-refractivity contribution in [1.29, 1.82) is 5.26 Å². The Morgan fingerprint density at radius 3 is 2.61 bits per heavy atom. The fourth-order valence-electron chi connectivity index (χ4n) is 4.25. The highest BCUT2D eigenvalue weighted by Crippen LogP contribution is 2.48. The average Bonchev–Trinajstić information content (AvgIpc) is 3.45. The van der Waals surface area contributed by atoms with E-state index in [0.717, 1.165) is 12.1 Å². The normalized spacial score (nSPS) is 20.0. The van der Waals surface area contributed by atoms with Crippen LogP contribution in [0.15, 0.2) is 67.3 Å². The smallest absolute Gasteiger partial charge is 0.328 e. The van der Waals surface area contributed by atoms with Crippen LogP contribution in [0.3, 0.4) is 0 Å². The van der Waals surface area contributed by atoms with Gasteiger partial charge < -0.3 is 19.3 Å². The molecule has 2 atom stereocenters. The highest BCUT2D eigenvalue weighted by molar-refractivity contribution is 8.00. The Morgan fingerprint density at radius 2 is 1.98 bits per heavy atom. The molecule has 1 aliphatic rings. The molecule has 14 heteroatoms. The van der Waals surface area contributed by atoms with Crippen molar-refractivity contribution in [2.45, 2.75) is 35.9 Å². The van der Waals surface area contributed by atoms with Crippen molar-refractivity contribution in [3.8, 4) is 6.07 Å². The van der Waals surface area contributed by atoms with E-state index in [0.29, 0.717) is 11.6 Å². The van der Waals surface area contributed by atoms with Gasteiger partial charge in [-0.05, 0) is 24.3 Å². The Bertz CT molecular complexity index is 1410. The first-order valence-electron chi connectivity index (χ1n) is 12.3. The highest BCUT2D eigenvalue weighted by atomic mass is 32.2. The first kappa shape index (κ1) is 30.9. The van der Waals surface area contributed by atoms with Crippen molar-refractivity contribution in [2.75, 3.05) is 13.2 Å². The fourth-order valence-corrected chi connectivity index (χ4v) is 6.29. The Kier molecular flexibility index (Phi) is 10.7. The van der Waals surface area contributed by atoms with Crippen LogP contribution in [-0.4, -0.2) is 54.6 Å². The van der Waals surface area contributed by atoms with E-state index < -0.39 is 43.2 Å². The van der Waals surface area contributed by atoms with Gasteiger partial charge in [-0.15, -0.1) is 11.8 Å². The molecule has 3 aromatic rings. The Labute approximate surface area is 239 Å². The monoisotopic (exact) mass is 606 g/mol. The van der Waals surface area contributed by atoms with Gasteiger partial charge in [-0.25, -0.2) is 22.8 Å². The lowest BCUT2D eigenvalue weighted by molar-refractivity contribution is -0.146. The molecule has 4 rings (SSSR count). The van der Waals surface area contributed by atoms with Gasteiger partial charge in [-0.3, -0.25) is 4.52 Å². The minimum atomic E-state index is -2.96. The standard InChI is InChI=1S/C27H26F3N4O5PS/c1-18(27(39-40(35)36,15-34-17-32-16-33-34)23-9-8-21(28)11-25(23)30)41-22-13-37-26(38-14-22)5-3-2-4-20-7-6-19(12-31)10-24(20)29/h2-11,16-18,22,26,35-36H,13-15H2,1H3/t18-,22?,26?,27-/m1/s1. The largest absolute Gasteiger partial charge is 0.348 e. The summed E-state index contributed by atoms with van der Waals surface area (Å²) >= 11 is 1.32. The molecule has 1 saturated heterocycles. The fraction of sp³-hybridized carbons (Fsp3) is 0.296. The van der Waals surface area contributed by atoms with Crippen molar-refractivity contribution in [2.24, 2.45) is 0 Å². The lowest BCUT2D eigenvalue weighted by Gasteiger charge is -2.40. The lowest BCUT2D eigenvalue weighted by atomic mass is 9.90. The van der Waals surface area contributed by atoms with Gasteiger partial charge in [0.25, 0.3) is 0 Å². The van der Waals surface area contributed by atoms with E-state index in [4.69, 9.17) is 19.3 Å². The molecule has 0 spiro atoms. The summed E-state index contributed by atoms with van der Waals surface area (Å²) in [5.74, 6) is -2.21. The van der Waals surface area contributed by atoms with Gasteiger partial charge in [0.2, 0.25) is 0 Å². The Morgan fingerprint density at radius 1 is 1.20 bits per heavy atom. The molecule has 0 radical (unpaired) electrons. The third kappa shape index (κ3) is 8.02. The van der Waals surface area contributed by atoms with Crippen LogP contribution in [0.5, 0.6) is 0 Å². The molecule has 9 nitrogen and oxygen atoms in total. The Balaban J connectivity index is 1.43. The summed E-state index contributed by atoms with van der Waals surface area (Å²) < 4.78 is 61.4. The number of benzene rings is 2. The van der Waals surface area contributed by atoms with Crippen LogP contribution in [0, 0.1) is 28.8 Å². The lowest BCUT2D eigenvalue weighted by Crippen LogP contribution is -2.45. The number of aromatic nitrogens is 3. The molecule has 2 aromatic carbocycles. The average molecular weight is 607 g/mol. The van der Waals surface area contributed by atoms with Crippen LogP contribution in [0.4, 0.5) is 13.2 Å². The molecule has 0 saturated carbocycles. The van der Waals surface area contributed by atoms with Crippen LogP contribution in [0.25, 0.3) is 6.08 Å². The topological polar surface area (TPSA) is 123 Å². The summed E-state index contributed by atoms with van der Waals surface area (Å²) in [4.78, 5) is 23.6. The summed E-state index contributed by atoms with van der Waals surface area (Å²) in [6, 6.07) is 9.06. The van der Waals surface area contributed by atoms with Gasteiger partial charge in [-0.2, -0.15) is 10.4 Å². The van der Waals surface area contributed by atoms with Crippen LogP contribution >= 0.6 is 20.4 Å². The van der Waals surface area contributed by atoms with Gasteiger partial charge in [-0.1, -0.05) is 37.3 Å². The Hall–Kier alpha value is -3.08. The highest BCUT2D eigenvalue weighted by Gasteiger charge is 2.46. The number of allylic oxidation sites excluding steroid dienone is 2. The molecule has 0 amide bonds. The molecule has 0 unspecified atom stereocenters. The van der Waals surface area contributed by atoms with Crippen LogP contribution in [0.2, 0.25) is 0 Å². The third-order valence-corrected chi connectivity index (χ3v) is 8.16. The van der Waals surface area contributed by atoms with Crippen LogP contribution in [-0.2, 0) is 26.1 Å². The zero-order chi connectivity index (χ0) is 29.4. The molecule has 1 aliphatic heterocycles. The van der Waals surface area contributed by atoms with Gasteiger partial charge in [0.1, 0.15) is 35.7 Å². The number of halogens is 3. The maximum atomic E-state index is 15.1. The summed E-state index contributed by atoms with van der Waals surface area (Å²) in [6.45, 7) is 2.07. The molecule has 1 fully saturated rings. The number of ether oxygens (including phenoxy) is 2. The van der Waals surface area contributed by atoms with Crippen molar-refractivity contribution in [3.63, 3.8) is 0 Å². The molecule has 41 heavy (non-hydrogen) atoms. The second-order valence-electron chi connectivity index (χ2n) is 8.98. The number of nitrogens with zero attached hydrogens (tertiary/aromatic N) is 4. The second kappa shape index (κ2) is 14.2. The third-order valence-electron chi connectivity index (χ3n) is 6.23. The first-order chi connectivity index (χ1) is 19.7. The number of rotatable bonds is 11. The maximum Gasteiger partial charge on any atom is 0.328 e. The van der Waals surface area contributed by atoms with Crippen molar-refractivity contribution >= 4 is 26.4 Å². The molecule has 2 heterocycles. The molecule has 2 N–H and O–H groups in total. The summed E-state index contributed by atoms with van der Waals surface area (Å²) in [7, 11) is -2.96. The molecular weight excluding hydrogens is 580 g/mol. The zero-order valence-corrected chi connectivity index (χ0v) is 23.4. The van der Waals surface area contributed by atoms with E-state index in [1.807, 2.05) is 6.07 Å². The van der Waals surface area contributed by atoms with E-state index in [2.05, 4.69) is 10.1 Å². The maximum absolute atomic E-state index is 15.1. The van der Waals surface area contributed by atoms with Gasteiger partial charge in [0, 0.05) is 22.4 Å². The van der Waals surface area contributed by atoms with E-state index in [9.17, 15) is 18.6 Å². The van der Waals surface area contributed by atoms with Crippen molar-refractivity contribution in [1.82, 2.24) is 14.8 Å². The van der Waals surface area contributed by atoms with E-state index in [-0.39, 0.29) is 36.1 Å². The van der Waals surface area contributed by atoms with Crippen molar-refractivity contribution in [3.05, 3.63) is 101 Å². The van der Waals surface area contributed by atoms with E-state index in [1.54, 1.807) is 31.2 Å². The number of hydrogen-bond donors (Lipinski definition) is 2. The molecular formula is C27H26F3N4O5PS. The summed E-state index contributed by atoms with van der Waals surface area (Å²) in [6.07, 6.45) is 8.47. The van der Waals surface area contributed by atoms with E-state index in [1.165, 1.54) is 47.3 Å². The summed E-state index contributed by atoms with van der Waals surface area (Å²) in [5, 5.41) is 12.0. The van der Waals surface area contributed by atoms with Gasteiger partial charge in [0.05, 0.1) is 36.6 Å². The number of nitriles is 1. The van der Waals surface area contributed by atoms with E-state index >= 15 is 4.39 Å². The van der Waals surface area contributed by atoms with Gasteiger partial charge >= 0.3 is 8.60 Å². The molecule has 0 bridgehead atoms. The molecule has 216 valence electrons. The first-order valence-corrected chi connectivity index (χ1v) is 14.4. The van der Waals surface area contributed by atoms with Gasteiger partial charge in [0.15, 0.2) is 6.29 Å². The quantitative estimate of drug-likeness (QED) is 0.234. The predicted octanol–water partition coefficient (Wildman–Crippen LogP) is 4.82. The zero-order valence-electron chi connectivity index (χ0n) is 21.7. The summed E-state index contributed by atoms with van der Waals surface area (Å²) in [5.41, 5.74) is -1.19. The van der Waals surface area contributed by atoms with Crippen LogP contribution < -0.4 is 0 Å². The number of hydrogen-bond acceptors (Lipinski definition) is 9. The minimum absolute atomic E-state index is 0.0751. The SMILES string of the molecule is C[C@@H](SC1COC(C=CC=Cc2ccc(C#N)cc2F)OC1)[C@@](Cn1cncn1)(OP(O)O)c1ccc(F)cc1F.